The van der Waals surface area contributed by atoms with Crippen molar-refractivity contribution >= 4 is 21.8 Å². The number of benzene rings is 1. The van der Waals surface area contributed by atoms with Gasteiger partial charge in [0.1, 0.15) is 5.75 Å². The summed E-state index contributed by atoms with van der Waals surface area (Å²) >= 11 is 3.44. The minimum atomic E-state index is 0.00701. The van der Waals surface area contributed by atoms with Crippen molar-refractivity contribution in [1.29, 1.82) is 0 Å². The molecule has 1 aromatic carbocycles. The molecular weight excluding hydrogens is 322 g/mol. The number of halogens is 1. The number of hydrogen-bond donors (Lipinski definition) is 0. The molecule has 1 saturated heterocycles. The van der Waals surface area contributed by atoms with E-state index in [1.165, 1.54) is 0 Å². The second kappa shape index (κ2) is 6.59. The van der Waals surface area contributed by atoms with Gasteiger partial charge in [-0.3, -0.25) is 4.79 Å². The minimum Gasteiger partial charge on any atom is -0.484 e. The van der Waals surface area contributed by atoms with E-state index in [4.69, 9.17) is 9.47 Å². The van der Waals surface area contributed by atoms with Crippen LogP contribution in [0.2, 0.25) is 0 Å². The molecule has 0 spiro atoms. The minimum absolute atomic E-state index is 0.00701. The van der Waals surface area contributed by atoms with Crippen LogP contribution in [0, 0.1) is 6.92 Å². The van der Waals surface area contributed by atoms with E-state index >= 15 is 0 Å². The summed E-state index contributed by atoms with van der Waals surface area (Å²) in [7, 11) is 0. The Bertz CT molecular complexity index is 482. The fraction of sp³-hybridized carbons (Fsp3) is 0.533. The van der Waals surface area contributed by atoms with Crippen LogP contribution >= 0.6 is 15.9 Å². The van der Waals surface area contributed by atoms with Gasteiger partial charge in [0.15, 0.2) is 6.61 Å². The lowest BCUT2D eigenvalue weighted by Gasteiger charge is -2.35. The van der Waals surface area contributed by atoms with Crippen LogP contribution in [0.5, 0.6) is 5.75 Å². The van der Waals surface area contributed by atoms with Crippen molar-refractivity contribution in [2.24, 2.45) is 0 Å². The Morgan fingerprint density at radius 1 is 1.40 bits per heavy atom. The molecule has 20 heavy (non-hydrogen) atoms. The highest BCUT2D eigenvalue weighted by Crippen LogP contribution is 2.21. The van der Waals surface area contributed by atoms with Crippen LogP contribution in [0.3, 0.4) is 0 Å². The third-order valence-corrected chi connectivity index (χ3v) is 4.15. The number of nitrogens with zero attached hydrogens (tertiary/aromatic N) is 1. The van der Waals surface area contributed by atoms with Gasteiger partial charge in [0.05, 0.1) is 12.2 Å². The molecule has 0 aromatic heterocycles. The number of hydrogen-bond acceptors (Lipinski definition) is 3. The number of ether oxygens (including phenoxy) is 2. The first-order valence-corrected chi connectivity index (χ1v) is 7.57. The third kappa shape index (κ3) is 3.96. The van der Waals surface area contributed by atoms with Crippen LogP contribution in [0.15, 0.2) is 22.7 Å². The Morgan fingerprint density at radius 3 is 2.65 bits per heavy atom. The van der Waals surface area contributed by atoms with Gasteiger partial charge in [-0.15, -0.1) is 0 Å². The predicted octanol–water partition coefficient (Wildman–Crippen LogP) is 2.77. The van der Waals surface area contributed by atoms with Crippen LogP contribution in [0.4, 0.5) is 0 Å². The van der Waals surface area contributed by atoms with E-state index in [-0.39, 0.29) is 24.7 Å². The highest BCUT2D eigenvalue weighted by molar-refractivity contribution is 9.10. The summed E-state index contributed by atoms with van der Waals surface area (Å²) in [4.78, 5) is 14.0. The molecule has 0 bridgehead atoms. The maximum atomic E-state index is 12.2. The van der Waals surface area contributed by atoms with Gasteiger partial charge >= 0.3 is 0 Å². The number of rotatable bonds is 3. The van der Waals surface area contributed by atoms with Crippen molar-refractivity contribution in [2.45, 2.75) is 33.0 Å². The summed E-state index contributed by atoms with van der Waals surface area (Å²) in [5.41, 5.74) is 1.09. The van der Waals surface area contributed by atoms with Gasteiger partial charge in [-0.05, 0) is 44.5 Å². The molecule has 0 aliphatic carbocycles. The van der Waals surface area contributed by atoms with Gasteiger partial charge in [0, 0.05) is 17.6 Å². The van der Waals surface area contributed by atoms with Crippen LogP contribution in [0.1, 0.15) is 19.4 Å². The summed E-state index contributed by atoms with van der Waals surface area (Å²) in [5.74, 6) is 0.723. The van der Waals surface area contributed by atoms with Crippen molar-refractivity contribution in [3.05, 3.63) is 28.2 Å². The molecular formula is C15H20BrNO3. The highest BCUT2D eigenvalue weighted by atomic mass is 79.9. The average molecular weight is 342 g/mol. The molecule has 0 unspecified atom stereocenters. The SMILES string of the molecule is Cc1cc(OCC(=O)N2C[C@H](C)O[C@@H](C)C2)ccc1Br. The molecule has 0 N–H and O–H groups in total. The van der Waals surface area contributed by atoms with Gasteiger partial charge in [0.2, 0.25) is 0 Å². The third-order valence-electron chi connectivity index (χ3n) is 3.26. The smallest absolute Gasteiger partial charge is 0.260 e. The van der Waals surface area contributed by atoms with Crippen LogP contribution < -0.4 is 4.74 Å². The maximum Gasteiger partial charge on any atom is 0.260 e. The van der Waals surface area contributed by atoms with Gasteiger partial charge in [-0.25, -0.2) is 0 Å². The molecule has 1 aromatic rings. The number of carbonyl (C=O) groups excluding carboxylic acids is 1. The maximum absolute atomic E-state index is 12.2. The second-order valence-corrected chi connectivity index (χ2v) is 6.11. The zero-order valence-electron chi connectivity index (χ0n) is 12.1. The molecule has 5 heteroatoms. The van der Waals surface area contributed by atoms with Crippen molar-refractivity contribution in [3.8, 4) is 5.75 Å². The number of aryl methyl sites for hydroxylation is 1. The van der Waals surface area contributed by atoms with Crippen LogP contribution in [0.25, 0.3) is 0 Å². The van der Waals surface area contributed by atoms with Crippen molar-refractivity contribution in [1.82, 2.24) is 4.90 Å². The van der Waals surface area contributed by atoms with Crippen molar-refractivity contribution in [3.63, 3.8) is 0 Å². The molecule has 4 nitrogen and oxygen atoms in total. The molecule has 0 radical (unpaired) electrons. The molecule has 1 aliphatic rings. The topological polar surface area (TPSA) is 38.8 Å². The Labute approximate surface area is 128 Å². The van der Waals surface area contributed by atoms with Gasteiger partial charge in [-0.1, -0.05) is 15.9 Å². The monoisotopic (exact) mass is 341 g/mol. The van der Waals surface area contributed by atoms with Crippen molar-refractivity contribution in [2.75, 3.05) is 19.7 Å². The summed E-state index contributed by atoms with van der Waals surface area (Å²) in [6, 6.07) is 5.70. The van der Waals surface area contributed by atoms with E-state index in [1.807, 2.05) is 43.9 Å². The number of morpholine rings is 1. The van der Waals surface area contributed by atoms with Crippen LogP contribution in [-0.4, -0.2) is 42.7 Å². The quantitative estimate of drug-likeness (QED) is 0.848. The van der Waals surface area contributed by atoms with Gasteiger partial charge in [-0.2, -0.15) is 0 Å². The Hall–Kier alpha value is -1.07. The molecule has 1 fully saturated rings. The molecule has 1 aliphatic heterocycles. The zero-order valence-corrected chi connectivity index (χ0v) is 13.6. The summed E-state index contributed by atoms with van der Waals surface area (Å²) in [6.45, 7) is 7.28. The van der Waals surface area contributed by atoms with E-state index in [2.05, 4.69) is 15.9 Å². The fourth-order valence-corrected chi connectivity index (χ4v) is 2.57. The van der Waals surface area contributed by atoms with E-state index in [0.717, 1.165) is 10.0 Å². The van der Waals surface area contributed by atoms with Crippen LogP contribution in [-0.2, 0) is 9.53 Å². The molecule has 1 heterocycles. The highest BCUT2D eigenvalue weighted by Gasteiger charge is 2.25. The molecule has 2 atom stereocenters. The normalized spacial score (nSPS) is 22.7. The van der Waals surface area contributed by atoms with Gasteiger partial charge in [0.25, 0.3) is 5.91 Å². The fourth-order valence-electron chi connectivity index (χ4n) is 2.32. The van der Waals surface area contributed by atoms with Gasteiger partial charge < -0.3 is 14.4 Å². The zero-order chi connectivity index (χ0) is 14.7. The second-order valence-electron chi connectivity index (χ2n) is 5.26. The van der Waals surface area contributed by atoms with E-state index in [0.29, 0.717) is 18.8 Å². The Morgan fingerprint density at radius 2 is 2.05 bits per heavy atom. The van der Waals surface area contributed by atoms with E-state index in [1.54, 1.807) is 0 Å². The van der Waals surface area contributed by atoms with Crippen molar-refractivity contribution < 1.29 is 14.3 Å². The first-order valence-electron chi connectivity index (χ1n) is 6.78. The number of amides is 1. The number of carbonyl (C=O) groups is 1. The molecule has 2 rings (SSSR count). The summed E-state index contributed by atoms with van der Waals surface area (Å²) in [6.07, 6.45) is 0.162. The molecule has 0 saturated carbocycles. The first kappa shape index (κ1) is 15.3. The first-order chi connectivity index (χ1) is 9.45. The lowest BCUT2D eigenvalue weighted by Crippen LogP contribution is -2.49. The lowest BCUT2D eigenvalue weighted by molar-refractivity contribution is -0.145. The molecule has 1 amide bonds. The summed E-state index contributed by atoms with van der Waals surface area (Å²) in [5, 5.41) is 0. The summed E-state index contributed by atoms with van der Waals surface area (Å²) < 4.78 is 12.2. The lowest BCUT2D eigenvalue weighted by atomic mass is 10.2. The standard InChI is InChI=1S/C15H20BrNO3/c1-10-6-13(4-5-14(10)16)19-9-15(18)17-7-11(2)20-12(3)8-17/h4-6,11-12H,7-9H2,1-3H3/t11-,12-/m0/s1. The van der Waals surface area contributed by atoms with E-state index in [9.17, 15) is 4.79 Å². The molecule has 110 valence electrons. The largest absolute Gasteiger partial charge is 0.484 e. The average Bonchev–Trinajstić information content (AvgIpc) is 2.38. The Balaban J connectivity index is 1.89. The predicted molar refractivity (Wildman–Crippen MR) is 81.0 cm³/mol. The Kier molecular flexibility index (Phi) is 5.05. The van der Waals surface area contributed by atoms with E-state index < -0.39 is 0 Å².